The van der Waals surface area contributed by atoms with Crippen LogP contribution in [0.25, 0.3) is 10.9 Å². The molecule has 2 aromatic carbocycles. The van der Waals surface area contributed by atoms with Crippen LogP contribution in [0.5, 0.6) is 5.75 Å². The Hall–Kier alpha value is -2.51. The number of aromatic nitrogens is 1. The average Bonchev–Trinajstić information content (AvgIpc) is 2.91. The molecule has 0 aliphatic carbocycles. The maximum absolute atomic E-state index is 11.7. The fraction of sp³-hybridized carbons (Fsp3) is 0.238. The van der Waals surface area contributed by atoms with Crippen LogP contribution in [0.3, 0.4) is 0 Å². The third-order valence-electron chi connectivity index (χ3n) is 4.60. The van der Waals surface area contributed by atoms with Gasteiger partial charge in [0.05, 0.1) is 21.6 Å². The Bertz CT molecular complexity index is 1070. The lowest BCUT2D eigenvalue weighted by Crippen LogP contribution is -2.26. The zero-order valence-electron chi connectivity index (χ0n) is 15.7. The molecular weight excluding hydrogens is 460 g/mol. The lowest BCUT2D eigenvalue weighted by atomic mass is 10.1. The number of primary amides is 1. The predicted octanol–water partition coefficient (Wildman–Crippen LogP) is 4.38. The van der Waals surface area contributed by atoms with Crippen LogP contribution >= 0.6 is 27.5 Å². The van der Waals surface area contributed by atoms with E-state index in [1.165, 1.54) is 0 Å². The molecule has 3 rings (SSSR count). The summed E-state index contributed by atoms with van der Waals surface area (Å²) in [6.45, 7) is 2.27. The highest BCUT2D eigenvalue weighted by atomic mass is 79.9. The topological polar surface area (TPSA) is 94.5 Å². The number of amides is 1. The van der Waals surface area contributed by atoms with Gasteiger partial charge < -0.3 is 20.1 Å². The van der Waals surface area contributed by atoms with E-state index >= 15 is 0 Å². The number of carboxylic acid groups (broad SMARTS) is 1. The second kappa shape index (κ2) is 8.88. The third-order valence-corrected chi connectivity index (χ3v) is 5.80. The standard InChI is InChI=1S/C21H20BrClN2O4/c1-2-17(21(27)28)29-18-8-13-14(9-19(24)26)20(22)25(16(13)10-15(18)23)11-12-6-4-3-5-7-12/h3-8,10,17H,2,9,11H2,1H3,(H2,24,26)(H,27,28). The number of fused-ring (bicyclic) bond motifs is 1. The maximum atomic E-state index is 11.7. The summed E-state index contributed by atoms with van der Waals surface area (Å²) >= 11 is 10.0. The lowest BCUT2D eigenvalue weighted by molar-refractivity contribution is -0.145. The predicted molar refractivity (Wildman–Crippen MR) is 115 cm³/mol. The van der Waals surface area contributed by atoms with Crippen LogP contribution < -0.4 is 10.5 Å². The van der Waals surface area contributed by atoms with Crippen LogP contribution in [0.15, 0.2) is 47.1 Å². The van der Waals surface area contributed by atoms with E-state index in [9.17, 15) is 14.7 Å². The number of hydrogen-bond donors (Lipinski definition) is 2. The van der Waals surface area contributed by atoms with E-state index in [0.717, 1.165) is 16.5 Å². The minimum absolute atomic E-state index is 0.0239. The normalized spacial score (nSPS) is 12.1. The molecule has 1 heterocycles. The molecule has 1 amide bonds. The molecule has 0 saturated carbocycles. The quantitative estimate of drug-likeness (QED) is 0.501. The molecule has 1 unspecified atom stereocenters. The lowest BCUT2D eigenvalue weighted by Gasteiger charge is -2.15. The first-order valence-electron chi connectivity index (χ1n) is 9.03. The summed E-state index contributed by atoms with van der Waals surface area (Å²) in [5.74, 6) is -1.29. The molecule has 0 radical (unpaired) electrons. The molecule has 0 bridgehead atoms. The molecular formula is C21H20BrClN2O4. The van der Waals surface area contributed by atoms with E-state index in [2.05, 4.69) is 15.9 Å². The fourth-order valence-electron chi connectivity index (χ4n) is 3.20. The van der Waals surface area contributed by atoms with Gasteiger partial charge in [-0.25, -0.2) is 4.79 Å². The van der Waals surface area contributed by atoms with Crippen molar-refractivity contribution in [1.29, 1.82) is 0 Å². The van der Waals surface area contributed by atoms with E-state index in [4.69, 9.17) is 22.1 Å². The van der Waals surface area contributed by atoms with Gasteiger partial charge in [0.15, 0.2) is 6.10 Å². The number of hydrogen-bond acceptors (Lipinski definition) is 3. The van der Waals surface area contributed by atoms with Gasteiger partial charge in [-0.3, -0.25) is 4.79 Å². The van der Waals surface area contributed by atoms with Crippen LogP contribution in [0, 0.1) is 0 Å². The minimum atomic E-state index is -1.07. The van der Waals surface area contributed by atoms with Gasteiger partial charge in [0.25, 0.3) is 0 Å². The number of halogens is 2. The summed E-state index contributed by atoms with van der Waals surface area (Å²) in [6, 6.07) is 13.3. The van der Waals surface area contributed by atoms with Gasteiger partial charge in [-0.1, -0.05) is 48.9 Å². The number of carboxylic acids is 1. The van der Waals surface area contributed by atoms with Gasteiger partial charge in [-0.05, 0) is 40.0 Å². The summed E-state index contributed by atoms with van der Waals surface area (Å²) < 4.78 is 8.33. The van der Waals surface area contributed by atoms with Crippen LogP contribution in [0.1, 0.15) is 24.5 Å². The van der Waals surface area contributed by atoms with Gasteiger partial charge >= 0.3 is 5.97 Å². The summed E-state index contributed by atoms with van der Waals surface area (Å²) in [4.78, 5) is 23.0. The number of ether oxygens (including phenoxy) is 1. The number of benzene rings is 2. The Morgan fingerprint density at radius 1 is 1.28 bits per heavy atom. The first-order valence-corrected chi connectivity index (χ1v) is 10.2. The van der Waals surface area contributed by atoms with Gasteiger partial charge in [0.2, 0.25) is 5.91 Å². The highest BCUT2D eigenvalue weighted by molar-refractivity contribution is 9.10. The van der Waals surface area contributed by atoms with Crippen molar-refractivity contribution in [2.75, 3.05) is 0 Å². The largest absolute Gasteiger partial charge is 0.479 e. The van der Waals surface area contributed by atoms with Crippen LogP contribution in [-0.4, -0.2) is 27.7 Å². The summed E-state index contributed by atoms with van der Waals surface area (Å²) in [6.07, 6.45) is -0.702. The van der Waals surface area contributed by atoms with Crippen LogP contribution in [0.4, 0.5) is 0 Å². The highest BCUT2D eigenvalue weighted by Gasteiger charge is 2.22. The molecule has 29 heavy (non-hydrogen) atoms. The molecule has 0 aliphatic rings. The minimum Gasteiger partial charge on any atom is -0.479 e. The van der Waals surface area contributed by atoms with Crippen LogP contribution in [0.2, 0.25) is 5.02 Å². The molecule has 1 atom stereocenters. The van der Waals surface area contributed by atoms with Crippen LogP contribution in [-0.2, 0) is 22.6 Å². The monoisotopic (exact) mass is 478 g/mol. The van der Waals surface area contributed by atoms with Crippen molar-refractivity contribution in [2.45, 2.75) is 32.4 Å². The number of aliphatic carboxylic acids is 1. The SMILES string of the molecule is CCC(Oc1cc2c(CC(N)=O)c(Br)n(Cc3ccccc3)c2cc1Cl)C(=O)O. The molecule has 1 aromatic heterocycles. The Labute approximate surface area is 181 Å². The third kappa shape index (κ3) is 4.57. The zero-order chi connectivity index (χ0) is 21.1. The maximum Gasteiger partial charge on any atom is 0.344 e. The van der Waals surface area contributed by atoms with E-state index in [0.29, 0.717) is 21.7 Å². The molecule has 8 heteroatoms. The van der Waals surface area contributed by atoms with Crippen molar-refractivity contribution < 1.29 is 19.4 Å². The number of carbonyl (C=O) groups excluding carboxylic acids is 1. The Morgan fingerprint density at radius 2 is 1.97 bits per heavy atom. The Kier molecular flexibility index (Phi) is 6.49. The van der Waals surface area contributed by atoms with Crippen molar-refractivity contribution in [1.82, 2.24) is 4.57 Å². The van der Waals surface area contributed by atoms with Gasteiger partial charge in [0, 0.05) is 17.5 Å². The molecule has 6 nitrogen and oxygen atoms in total. The zero-order valence-corrected chi connectivity index (χ0v) is 18.0. The summed E-state index contributed by atoms with van der Waals surface area (Å²) in [5, 5.41) is 10.3. The second-order valence-electron chi connectivity index (χ2n) is 6.64. The van der Waals surface area contributed by atoms with Gasteiger partial charge in [0.1, 0.15) is 5.75 Å². The van der Waals surface area contributed by atoms with E-state index in [1.807, 2.05) is 34.9 Å². The number of nitrogens with zero attached hydrogens (tertiary/aromatic N) is 1. The fourth-order valence-corrected chi connectivity index (χ4v) is 4.08. The molecule has 3 N–H and O–H groups in total. The molecule has 0 aliphatic heterocycles. The molecule has 0 saturated heterocycles. The number of nitrogens with two attached hydrogens (primary N) is 1. The van der Waals surface area contributed by atoms with E-state index in [1.54, 1.807) is 19.1 Å². The molecule has 0 spiro atoms. The highest BCUT2D eigenvalue weighted by Crippen LogP contribution is 2.38. The van der Waals surface area contributed by atoms with Gasteiger partial charge in [-0.15, -0.1) is 0 Å². The molecule has 0 fully saturated rings. The summed E-state index contributed by atoms with van der Waals surface area (Å²) in [5.41, 5.74) is 8.02. The van der Waals surface area contributed by atoms with Crippen molar-refractivity contribution in [3.63, 3.8) is 0 Å². The van der Waals surface area contributed by atoms with Crippen molar-refractivity contribution in [3.05, 3.63) is 63.2 Å². The van der Waals surface area contributed by atoms with Crippen molar-refractivity contribution >= 4 is 50.3 Å². The van der Waals surface area contributed by atoms with E-state index in [-0.39, 0.29) is 18.6 Å². The first kappa shape index (κ1) is 21.2. The van der Waals surface area contributed by atoms with Crippen molar-refractivity contribution in [2.24, 2.45) is 5.73 Å². The number of rotatable bonds is 8. The first-order chi connectivity index (χ1) is 13.8. The smallest absolute Gasteiger partial charge is 0.344 e. The van der Waals surface area contributed by atoms with Gasteiger partial charge in [-0.2, -0.15) is 0 Å². The average molecular weight is 480 g/mol. The number of carbonyl (C=O) groups is 2. The molecule has 152 valence electrons. The van der Waals surface area contributed by atoms with E-state index < -0.39 is 18.0 Å². The molecule has 3 aromatic rings. The Morgan fingerprint density at radius 3 is 2.55 bits per heavy atom. The summed E-state index contributed by atoms with van der Waals surface area (Å²) in [7, 11) is 0. The Balaban J connectivity index is 2.15. The second-order valence-corrected chi connectivity index (χ2v) is 7.80. The van der Waals surface area contributed by atoms with Crippen molar-refractivity contribution in [3.8, 4) is 5.75 Å².